The number of benzene rings is 1. The molecule has 6 rings (SSSR count). The molecule has 0 bridgehead atoms. The van der Waals surface area contributed by atoms with Gasteiger partial charge in [0.2, 0.25) is 5.91 Å². The number of ether oxygens (including phenoxy) is 3. The topological polar surface area (TPSA) is 175 Å². The number of amides is 2. The first-order valence-corrected chi connectivity index (χ1v) is 20.3. The van der Waals surface area contributed by atoms with Gasteiger partial charge in [0, 0.05) is 77.2 Å². The van der Waals surface area contributed by atoms with E-state index in [9.17, 15) is 27.6 Å². The second kappa shape index (κ2) is 19.6. The lowest BCUT2D eigenvalue weighted by atomic mass is 9.89. The predicted octanol–water partition coefficient (Wildman–Crippen LogP) is 5.49. The van der Waals surface area contributed by atoms with Crippen molar-refractivity contribution < 1.29 is 46.4 Å². The summed E-state index contributed by atoms with van der Waals surface area (Å²) in [5, 5.41) is 11.7. The molecule has 2 amide bonds. The summed E-state index contributed by atoms with van der Waals surface area (Å²) in [6.07, 6.45) is -1.89. The summed E-state index contributed by atoms with van der Waals surface area (Å²) in [6.45, 7) is 7.85. The lowest BCUT2D eigenvalue weighted by Crippen LogP contribution is -2.55. The van der Waals surface area contributed by atoms with Crippen LogP contribution in [0, 0.1) is 0 Å². The highest BCUT2D eigenvalue weighted by Gasteiger charge is 2.46. The van der Waals surface area contributed by atoms with Crippen molar-refractivity contribution >= 4 is 29.4 Å². The molecule has 59 heavy (non-hydrogen) atoms. The molecule has 320 valence electrons. The van der Waals surface area contributed by atoms with E-state index in [4.69, 9.17) is 19.7 Å². The summed E-state index contributed by atoms with van der Waals surface area (Å²) in [4.78, 5) is 47.8. The molecule has 2 aromatic heterocycles. The second-order valence-corrected chi connectivity index (χ2v) is 15.3. The summed E-state index contributed by atoms with van der Waals surface area (Å²) >= 11 is 0. The van der Waals surface area contributed by atoms with E-state index in [0.717, 1.165) is 39.9 Å². The van der Waals surface area contributed by atoms with E-state index in [-0.39, 0.29) is 36.5 Å². The van der Waals surface area contributed by atoms with Crippen LogP contribution >= 0.6 is 0 Å². The maximum atomic E-state index is 14.3. The molecule has 3 atom stereocenters. The number of likely N-dealkylation sites (tertiary alicyclic amines) is 1. The molecular formula is C39H53F3N11O6+. The first kappa shape index (κ1) is 43.2. The van der Waals surface area contributed by atoms with Gasteiger partial charge in [-0.3, -0.25) is 14.5 Å². The largest absolute Gasteiger partial charge is 0.492 e. The molecule has 3 aromatic rings. The van der Waals surface area contributed by atoms with Crippen LogP contribution in [0.25, 0.3) is 16.1 Å². The lowest BCUT2D eigenvalue weighted by molar-refractivity contribution is -0.781. The highest BCUT2D eigenvalue weighted by Crippen LogP contribution is 2.32. The number of carbonyl (C=O) groups excluding carboxylic acids is 3. The SMILES string of the molecule is CC(OC(=O)N1CCC[C@H]1COC(=O)CCCCCN=[N+]=[N-])[n+]1nc(C(F)(F)F)n2nc(N3CCC(c4ccc(OCCN5CCN(C)C(=O)[C@H]5C)cc4)CC3)ccc21. The minimum Gasteiger partial charge on any atom is -0.492 e. The van der Waals surface area contributed by atoms with E-state index in [1.54, 1.807) is 11.0 Å². The Labute approximate surface area is 340 Å². The predicted molar refractivity (Wildman–Crippen MR) is 207 cm³/mol. The summed E-state index contributed by atoms with van der Waals surface area (Å²) in [7, 11) is 1.82. The molecule has 3 aliphatic heterocycles. The van der Waals surface area contributed by atoms with Crippen molar-refractivity contribution in [1.82, 2.24) is 29.4 Å². The van der Waals surface area contributed by atoms with Crippen LogP contribution in [0.4, 0.5) is 23.8 Å². The third kappa shape index (κ3) is 10.8. The number of piperidine rings is 1. The zero-order valence-electron chi connectivity index (χ0n) is 33.8. The van der Waals surface area contributed by atoms with Crippen LogP contribution in [-0.4, -0.2) is 126 Å². The second-order valence-electron chi connectivity index (χ2n) is 15.3. The van der Waals surface area contributed by atoms with Crippen LogP contribution in [0.15, 0.2) is 41.5 Å². The van der Waals surface area contributed by atoms with Crippen LogP contribution in [0.2, 0.25) is 0 Å². The van der Waals surface area contributed by atoms with Gasteiger partial charge in [0.05, 0.1) is 12.1 Å². The normalized spacial score (nSPS) is 19.8. The number of hydrogen-bond donors (Lipinski definition) is 0. The molecule has 0 aliphatic carbocycles. The van der Waals surface area contributed by atoms with Gasteiger partial charge in [-0.05, 0) is 85.8 Å². The third-order valence-electron chi connectivity index (χ3n) is 11.4. The molecule has 1 unspecified atom stereocenters. The van der Waals surface area contributed by atoms with Gasteiger partial charge in [0.15, 0.2) is 5.82 Å². The maximum Gasteiger partial charge on any atom is 0.479 e. The van der Waals surface area contributed by atoms with Crippen LogP contribution in [0.3, 0.4) is 0 Å². The van der Waals surface area contributed by atoms with Crippen molar-refractivity contribution in [3.05, 3.63) is 58.2 Å². The fraction of sp³-hybridized carbons (Fsp3) is 0.641. The van der Waals surface area contributed by atoms with Gasteiger partial charge in [-0.1, -0.05) is 38.0 Å². The van der Waals surface area contributed by atoms with Crippen molar-refractivity contribution in [3.63, 3.8) is 0 Å². The van der Waals surface area contributed by atoms with Gasteiger partial charge in [-0.25, -0.2) is 4.79 Å². The average molecular weight is 829 g/mol. The standard InChI is InChI=1S/C39H53F3N11O6/c1-27-36(55)48(3)22-23-49(27)24-25-57-32-12-10-29(11-13-32)30-16-20-50(21-17-30)33-14-15-34-52(46-37(39(40,41)42)53(34)45-33)28(2)59-38(56)51-19-7-8-31(51)26-58-35(54)9-5-4-6-18-44-47-43/h10-15,27-28,30-31H,4-9,16-26H2,1-3H3/q+1/t27-,28?,31+/m1/s1. The van der Waals surface area contributed by atoms with E-state index in [1.807, 2.05) is 31.0 Å². The fourth-order valence-corrected chi connectivity index (χ4v) is 7.91. The van der Waals surface area contributed by atoms with Crippen molar-refractivity contribution in [2.75, 3.05) is 71.0 Å². The van der Waals surface area contributed by atoms with Crippen molar-refractivity contribution in [3.8, 4) is 5.75 Å². The number of aromatic nitrogens is 4. The van der Waals surface area contributed by atoms with Gasteiger partial charge in [-0.2, -0.15) is 13.2 Å². The molecule has 3 aliphatic rings. The summed E-state index contributed by atoms with van der Waals surface area (Å²) in [6, 6.07) is 10.6. The quantitative estimate of drug-likeness (QED) is 0.0448. The van der Waals surface area contributed by atoms with Gasteiger partial charge in [0.25, 0.3) is 6.23 Å². The van der Waals surface area contributed by atoms with Gasteiger partial charge in [-0.15, -0.1) is 0 Å². The summed E-state index contributed by atoms with van der Waals surface area (Å²) in [5.74, 6) is -0.151. The molecule has 5 heterocycles. The summed E-state index contributed by atoms with van der Waals surface area (Å²) < 4.78 is 61.8. The molecule has 0 N–H and O–H groups in total. The monoisotopic (exact) mass is 828 g/mol. The number of likely N-dealkylation sites (N-methyl/N-ethyl adjacent to an activating group) is 1. The number of rotatable bonds is 16. The fourth-order valence-electron chi connectivity index (χ4n) is 7.91. The Morgan fingerprint density at radius 2 is 1.80 bits per heavy atom. The average Bonchev–Trinajstić information content (AvgIpc) is 3.87. The maximum absolute atomic E-state index is 14.3. The third-order valence-corrected chi connectivity index (χ3v) is 11.4. The van der Waals surface area contributed by atoms with Crippen LogP contribution in [0.1, 0.15) is 88.7 Å². The molecule has 0 saturated carbocycles. The zero-order valence-corrected chi connectivity index (χ0v) is 33.8. The number of halogens is 3. The molecule has 3 saturated heterocycles. The highest BCUT2D eigenvalue weighted by atomic mass is 19.4. The van der Waals surface area contributed by atoms with Gasteiger partial charge in [0.1, 0.15) is 19.0 Å². The number of esters is 1. The number of anilines is 1. The minimum atomic E-state index is -4.84. The van der Waals surface area contributed by atoms with Crippen LogP contribution < -0.4 is 14.3 Å². The Kier molecular flexibility index (Phi) is 14.4. The summed E-state index contributed by atoms with van der Waals surface area (Å²) in [5.41, 5.74) is 9.50. The van der Waals surface area contributed by atoms with E-state index >= 15 is 0 Å². The molecule has 17 nitrogen and oxygen atoms in total. The molecule has 1 aromatic carbocycles. The Balaban J connectivity index is 1.01. The highest BCUT2D eigenvalue weighted by molar-refractivity contribution is 5.82. The van der Waals surface area contributed by atoms with E-state index in [1.165, 1.54) is 17.9 Å². The Morgan fingerprint density at radius 3 is 2.53 bits per heavy atom. The number of nitrogens with zero attached hydrogens (tertiary/aromatic N) is 11. The van der Waals surface area contributed by atoms with Crippen molar-refractivity contribution in [1.29, 1.82) is 0 Å². The van der Waals surface area contributed by atoms with Crippen LogP contribution in [0.5, 0.6) is 5.75 Å². The van der Waals surface area contributed by atoms with Gasteiger partial charge < -0.3 is 28.9 Å². The van der Waals surface area contributed by atoms with Gasteiger partial charge >= 0.3 is 29.7 Å². The van der Waals surface area contributed by atoms with Crippen LogP contribution in [-0.2, 0) is 25.2 Å². The molecular weight excluding hydrogens is 775 g/mol. The number of piperazine rings is 1. The molecule has 20 heteroatoms. The van der Waals surface area contributed by atoms with E-state index < -0.39 is 36.3 Å². The molecule has 0 spiro atoms. The number of fused-ring (bicyclic) bond motifs is 1. The van der Waals surface area contributed by atoms with E-state index in [2.05, 4.69) is 37.3 Å². The number of alkyl halides is 3. The molecule has 3 fully saturated rings. The zero-order chi connectivity index (χ0) is 42.1. The first-order chi connectivity index (χ1) is 28.3. The van der Waals surface area contributed by atoms with E-state index in [0.29, 0.717) is 83.8 Å². The number of hydrogen-bond acceptors (Lipinski definition) is 11. The number of azide groups is 1. The minimum absolute atomic E-state index is 0.00330. The van der Waals surface area contributed by atoms with Crippen molar-refractivity contribution in [2.24, 2.45) is 5.11 Å². The number of unbranched alkanes of at least 4 members (excludes halogenated alkanes) is 2. The Morgan fingerprint density at radius 1 is 1.03 bits per heavy atom. The molecule has 0 radical (unpaired) electrons. The Bertz CT molecular complexity index is 1970. The Hall–Kier alpha value is -5.36. The lowest BCUT2D eigenvalue weighted by Gasteiger charge is -2.37. The smallest absolute Gasteiger partial charge is 0.479 e. The number of carbonyl (C=O) groups is 3. The van der Waals surface area contributed by atoms with Crippen molar-refractivity contribution in [2.45, 2.75) is 95.6 Å². The first-order valence-electron chi connectivity index (χ1n) is 20.3.